The molecule has 0 unspecified atom stereocenters. The van der Waals surface area contributed by atoms with Gasteiger partial charge in [0.1, 0.15) is 0 Å². The number of halogens is 1. The Morgan fingerprint density at radius 3 is 2.38 bits per heavy atom. The topological polar surface area (TPSA) is 49.9 Å². The van der Waals surface area contributed by atoms with E-state index in [0.717, 1.165) is 5.56 Å². The number of hydrogen-bond donors (Lipinski definition) is 0. The molecule has 2 rings (SSSR count). The van der Waals surface area contributed by atoms with E-state index in [1.165, 1.54) is 0 Å². The Balaban J connectivity index is 1.98. The van der Waals surface area contributed by atoms with Crippen LogP contribution in [0.25, 0.3) is 0 Å². The SMILES string of the molecule is CCOC(=O)N1CCN(C(=O)c2ccc(C)cc2Cl)CC1. The summed E-state index contributed by atoms with van der Waals surface area (Å²) in [5, 5.41) is 0.466. The molecule has 1 aromatic carbocycles. The van der Waals surface area contributed by atoms with Crippen LogP contribution in [-0.2, 0) is 4.74 Å². The lowest BCUT2D eigenvalue weighted by Crippen LogP contribution is -2.50. The van der Waals surface area contributed by atoms with Crippen molar-refractivity contribution in [3.63, 3.8) is 0 Å². The third-order valence-corrected chi connectivity index (χ3v) is 3.76. The maximum atomic E-state index is 12.4. The standard InChI is InChI=1S/C15H19ClN2O3/c1-3-21-15(20)18-8-6-17(7-9-18)14(19)12-5-4-11(2)10-13(12)16/h4-5,10H,3,6-9H2,1-2H3. The molecule has 1 aliphatic heterocycles. The lowest BCUT2D eigenvalue weighted by molar-refractivity contribution is 0.0570. The van der Waals surface area contributed by atoms with Crippen molar-refractivity contribution in [2.75, 3.05) is 32.8 Å². The lowest BCUT2D eigenvalue weighted by Gasteiger charge is -2.34. The molecule has 1 heterocycles. The van der Waals surface area contributed by atoms with Crippen molar-refractivity contribution in [3.8, 4) is 0 Å². The zero-order valence-electron chi connectivity index (χ0n) is 12.3. The maximum absolute atomic E-state index is 12.4. The van der Waals surface area contributed by atoms with Crippen molar-refractivity contribution in [2.45, 2.75) is 13.8 Å². The first-order valence-electron chi connectivity index (χ1n) is 7.00. The highest BCUT2D eigenvalue weighted by atomic mass is 35.5. The molecule has 21 heavy (non-hydrogen) atoms. The fourth-order valence-electron chi connectivity index (χ4n) is 2.27. The second-order valence-corrected chi connectivity index (χ2v) is 5.37. The van der Waals surface area contributed by atoms with Gasteiger partial charge < -0.3 is 14.5 Å². The smallest absolute Gasteiger partial charge is 0.409 e. The molecule has 6 heteroatoms. The van der Waals surface area contributed by atoms with Crippen LogP contribution in [0.15, 0.2) is 18.2 Å². The minimum absolute atomic E-state index is 0.0940. The van der Waals surface area contributed by atoms with E-state index < -0.39 is 0 Å². The van der Waals surface area contributed by atoms with Crippen molar-refractivity contribution in [1.82, 2.24) is 9.80 Å². The zero-order chi connectivity index (χ0) is 15.4. The van der Waals surface area contributed by atoms with E-state index in [0.29, 0.717) is 43.4 Å². The molecule has 1 saturated heterocycles. The number of nitrogens with zero attached hydrogens (tertiary/aromatic N) is 2. The van der Waals surface area contributed by atoms with Gasteiger partial charge in [-0.05, 0) is 31.5 Å². The van der Waals surface area contributed by atoms with Gasteiger partial charge >= 0.3 is 6.09 Å². The number of carbonyl (C=O) groups excluding carboxylic acids is 2. The highest BCUT2D eigenvalue weighted by Crippen LogP contribution is 2.20. The Morgan fingerprint density at radius 1 is 1.19 bits per heavy atom. The third kappa shape index (κ3) is 3.67. The van der Waals surface area contributed by atoms with Gasteiger partial charge in [0.15, 0.2) is 0 Å². The summed E-state index contributed by atoms with van der Waals surface area (Å²) in [5.41, 5.74) is 1.52. The van der Waals surface area contributed by atoms with Gasteiger partial charge in [-0.1, -0.05) is 17.7 Å². The van der Waals surface area contributed by atoms with Crippen molar-refractivity contribution >= 4 is 23.6 Å². The molecular formula is C15H19ClN2O3. The Bertz CT molecular complexity index is 540. The van der Waals surface area contributed by atoms with Gasteiger partial charge in [-0.3, -0.25) is 4.79 Å². The van der Waals surface area contributed by atoms with E-state index in [4.69, 9.17) is 16.3 Å². The van der Waals surface area contributed by atoms with Gasteiger partial charge in [0, 0.05) is 26.2 Å². The average Bonchev–Trinajstić information content (AvgIpc) is 2.47. The normalized spacial score (nSPS) is 15.0. The molecule has 2 amide bonds. The van der Waals surface area contributed by atoms with Crippen LogP contribution in [0.1, 0.15) is 22.8 Å². The van der Waals surface area contributed by atoms with Crippen molar-refractivity contribution in [2.24, 2.45) is 0 Å². The maximum Gasteiger partial charge on any atom is 0.409 e. The molecule has 1 aromatic rings. The van der Waals surface area contributed by atoms with Crippen LogP contribution in [0.4, 0.5) is 4.79 Å². The molecule has 0 aromatic heterocycles. The highest BCUT2D eigenvalue weighted by molar-refractivity contribution is 6.33. The number of hydrogen-bond acceptors (Lipinski definition) is 3. The van der Waals surface area contributed by atoms with E-state index in [2.05, 4.69) is 0 Å². The van der Waals surface area contributed by atoms with E-state index in [1.54, 1.807) is 28.9 Å². The fraction of sp³-hybridized carbons (Fsp3) is 0.467. The van der Waals surface area contributed by atoms with Gasteiger partial charge in [-0.25, -0.2) is 4.79 Å². The van der Waals surface area contributed by atoms with Crippen LogP contribution in [0, 0.1) is 6.92 Å². The van der Waals surface area contributed by atoms with Gasteiger partial charge in [-0.2, -0.15) is 0 Å². The summed E-state index contributed by atoms with van der Waals surface area (Å²) >= 11 is 6.13. The molecule has 114 valence electrons. The molecule has 5 nitrogen and oxygen atoms in total. The first kappa shape index (κ1) is 15.6. The first-order chi connectivity index (χ1) is 10.0. The largest absolute Gasteiger partial charge is 0.450 e. The Hall–Kier alpha value is -1.75. The number of aryl methyl sites for hydroxylation is 1. The van der Waals surface area contributed by atoms with Crippen LogP contribution in [0.2, 0.25) is 5.02 Å². The molecule has 0 N–H and O–H groups in total. The van der Waals surface area contributed by atoms with Gasteiger partial charge in [0.05, 0.1) is 17.2 Å². The van der Waals surface area contributed by atoms with E-state index in [9.17, 15) is 9.59 Å². The second-order valence-electron chi connectivity index (χ2n) is 4.96. The molecule has 0 atom stereocenters. The summed E-state index contributed by atoms with van der Waals surface area (Å²) in [4.78, 5) is 27.4. The third-order valence-electron chi connectivity index (χ3n) is 3.45. The molecule has 0 radical (unpaired) electrons. The summed E-state index contributed by atoms with van der Waals surface area (Å²) in [6, 6.07) is 5.40. The Labute approximate surface area is 129 Å². The number of piperazine rings is 1. The summed E-state index contributed by atoms with van der Waals surface area (Å²) in [6.07, 6.45) is -0.321. The minimum Gasteiger partial charge on any atom is -0.450 e. The summed E-state index contributed by atoms with van der Waals surface area (Å²) in [7, 11) is 0. The molecule has 1 aliphatic rings. The molecule has 1 fully saturated rings. The number of carbonyl (C=O) groups is 2. The highest BCUT2D eigenvalue weighted by Gasteiger charge is 2.26. The summed E-state index contributed by atoms with van der Waals surface area (Å²) in [5.74, 6) is -0.0940. The van der Waals surface area contributed by atoms with Crippen LogP contribution in [0.5, 0.6) is 0 Å². The molecule has 0 bridgehead atoms. The zero-order valence-corrected chi connectivity index (χ0v) is 13.0. The lowest BCUT2D eigenvalue weighted by atomic mass is 10.1. The fourth-order valence-corrected chi connectivity index (χ4v) is 2.59. The minimum atomic E-state index is -0.321. The second kappa shape index (κ2) is 6.80. The number of rotatable bonds is 2. The Kier molecular flexibility index (Phi) is 5.07. The number of ether oxygens (including phenoxy) is 1. The van der Waals surface area contributed by atoms with Gasteiger partial charge in [-0.15, -0.1) is 0 Å². The summed E-state index contributed by atoms with van der Waals surface area (Å²) in [6.45, 7) is 6.00. The van der Waals surface area contributed by atoms with E-state index >= 15 is 0 Å². The molecule has 0 saturated carbocycles. The van der Waals surface area contributed by atoms with Crippen LogP contribution < -0.4 is 0 Å². The van der Waals surface area contributed by atoms with Gasteiger partial charge in [0.2, 0.25) is 0 Å². The van der Waals surface area contributed by atoms with Crippen molar-refractivity contribution in [3.05, 3.63) is 34.3 Å². The van der Waals surface area contributed by atoms with Gasteiger partial charge in [0.25, 0.3) is 5.91 Å². The predicted octanol–water partition coefficient (Wildman–Crippen LogP) is 2.56. The van der Waals surface area contributed by atoms with Crippen molar-refractivity contribution < 1.29 is 14.3 Å². The van der Waals surface area contributed by atoms with E-state index in [-0.39, 0.29) is 12.0 Å². The predicted molar refractivity (Wildman–Crippen MR) is 80.7 cm³/mol. The average molecular weight is 311 g/mol. The number of benzene rings is 1. The number of amides is 2. The van der Waals surface area contributed by atoms with Crippen LogP contribution in [-0.4, -0.2) is 54.6 Å². The monoisotopic (exact) mass is 310 g/mol. The van der Waals surface area contributed by atoms with Crippen LogP contribution >= 0.6 is 11.6 Å². The molecule has 0 aliphatic carbocycles. The first-order valence-corrected chi connectivity index (χ1v) is 7.38. The van der Waals surface area contributed by atoms with Crippen molar-refractivity contribution in [1.29, 1.82) is 0 Å². The molecular weight excluding hydrogens is 292 g/mol. The molecule has 0 spiro atoms. The Morgan fingerprint density at radius 2 is 1.81 bits per heavy atom. The quantitative estimate of drug-likeness (QED) is 0.843. The summed E-state index contributed by atoms with van der Waals surface area (Å²) < 4.78 is 4.96. The van der Waals surface area contributed by atoms with Crippen LogP contribution in [0.3, 0.4) is 0 Å². The van der Waals surface area contributed by atoms with E-state index in [1.807, 2.05) is 13.0 Å².